The molecule has 0 aliphatic rings. The molecule has 0 amide bonds. The summed E-state index contributed by atoms with van der Waals surface area (Å²) < 4.78 is 10.4. The second-order valence-electron chi connectivity index (χ2n) is 3.82. The van der Waals surface area contributed by atoms with Crippen molar-refractivity contribution in [3.63, 3.8) is 0 Å². The second kappa shape index (κ2) is 5.37. The van der Waals surface area contributed by atoms with Gasteiger partial charge in [0.2, 0.25) is 0 Å². The third-order valence-electron chi connectivity index (χ3n) is 2.56. The third kappa shape index (κ3) is 2.47. The smallest absolute Gasteiger partial charge is 0.161 e. The van der Waals surface area contributed by atoms with Crippen LogP contribution < -0.4 is 9.47 Å². The van der Waals surface area contributed by atoms with Gasteiger partial charge in [-0.3, -0.25) is 0 Å². The molecule has 0 fully saturated rings. The number of hydrogen-bond donors (Lipinski definition) is 1. The van der Waals surface area contributed by atoms with Crippen LogP contribution in [0.4, 0.5) is 0 Å². The van der Waals surface area contributed by atoms with Crippen LogP contribution in [-0.4, -0.2) is 24.3 Å². The molecule has 0 saturated heterocycles. The van der Waals surface area contributed by atoms with Gasteiger partial charge in [0.15, 0.2) is 11.5 Å². The molecule has 1 unspecified atom stereocenters. The van der Waals surface area contributed by atoms with Crippen molar-refractivity contribution >= 4 is 11.3 Å². The van der Waals surface area contributed by atoms with E-state index in [0.29, 0.717) is 16.5 Å². The van der Waals surface area contributed by atoms with Crippen molar-refractivity contribution in [3.8, 4) is 22.8 Å². The number of benzene rings is 1. The predicted octanol–water partition coefficient (Wildman–Crippen LogP) is 2.88. The molecule has 1 heterocycles. The third-order valence-corrected chi connectivity index (χ3v) is 3.57. The van der Waals surface area contributed by atoms with E-state index in [1.807, 2.05) is 23.6 Å². The van der Waals surface area contributed by atoms with E-state index < -0.39 is 6.10 Å². The zero-order valence-electron chi connectivity index (χ0n) is 10.5. The normalized spacial score (nSPS) is 12.2. The Bertz CT molecular complexity index is 537. The Morgan fingerprint density at radius 2 is 1.94 bits per heavy atom. The van der Waals surface area contributed by atoms with Crippen LogP contribution in [0.25, 0.3) is 11.3 Å². The van der Waals surface area contributed by atoms with Crippen molar-refractivity contribution in [2.75, 3.05) is 14.2 Å². The quantitative estimate of drug-likeness (QED) is 0.923. The summed E-state index contributed by atoms with van der Waals surface area (Å²) >= 11 is 1.44. The van der Waals surface area contributed by atoms with Crippen molar-refractivity contribution in [2.24, 2.45) is 0 Å². The highest BCUT2D eigenvalue weighted by Gasteiger charge is 2.11. The van der Waals surface area contributed by atoms with Crippen LogP contribution in [0.1, 0.15) is 18.0 Å². The molecule has 1 aromatic heterocycles. The van der Waals surface area contributed by atoms with Crippen LogP contribution in [0.5, 0.6) is 11.5 Å². The maximum Gasteiger partial charge on any atom is 0.161 e. The molecule has 96 valence electrons. The summed E-state index contributed by atoms with van der Waals surface area (Å²) in [5, 5.41) is 12.1. The van der Waals surface area contributed by atoms with Crippen LogP contribution in [0, 0.1) is 0 Å². The van der Waals surface area contributed by atoms with E-state index >= 15 is 0 Å². The van der Waals surface area contributed by atoms with Crippen LogP contribution in [0.2, 0.25) is 0 Å². The van der Waals surface area contributed by atoms with Gasteiger partial charge in [0.05, 0.1) is 19.9 Å². The van der Waals surface area contributed by atoms with Gasteiger partial charge in [-0.15, -0.1) is 11.3 Å². The van der Waals surface area contributed by atoms with Gasteiger partial charge in [-0.2, -0.15) is 0 Å². The number of aliphatic hydroxyl groups is 1. The summed E-state index contributed by atoms with van der Waals surface area (Å²) in [4.78, 5) is 4.38. The van der Waals surface area contributed by atoms with Crippen molar-refractivity contribution in [3.05, 3.63) is 28.6 Å². The Kier molecular flexibility index (Phi) is 3.84. The van der Waals surface area contributed by atoms with Crippen LogP contribution in [0.3, 0.4) is 0 Å². The topological polar surface area (TPSA) is 51.6 Å². The molecule has 0 bridgehead atoms. The average Bonchev–Trinajstić information content (AvgIpc) is 2.87. The lowest BCUT2D eigenvalue weighted by Crippen LogP contribution is -1.92. The number of ether oxygens (including phenoxy) is 2. The first-order valence-corrected chi connectivity index (χ1v) is 6.39. The molecular formula is C13H15NO3S. The van der Waals surface area contributed by atoms with E-state index in [9.17, 15) is 5.11 Å². The van der Waals surface area contributed by atoms with E-state index in [4.69, 9.17) is 9.47 Å². The van der Waals surface area contributed by atoms with Gasteiger partial charge in [0.1, 0.15) is 11.1 Å². The Morgan fingerprint density at radius 3 is 2.50 bits per heavy atom. The largest absolute Gasteiger partial charge is 0.493 e. The maximum absolute atomic E-state index is 9.47. The zero-order chi connectivity index (χ0) is 13.1. The fourth-order valence-electron chi connectivity index (χ4n) is 1.61. The summed E-state index contributed by atoms with van der Waals surface area (Å²) in [5.74, 6) is 1.36. The van der Waals surface area contributed by atoms with Gasteiger partial charge in [0, 0.05) is 10.9 Å². The number of thiazole rings is 1. The molecule has 5 heteroatoms. The van der Waals surface area contributed by atoms with E-state index in [1.165, 1.54) is 11.3 Å². The van der Waals surface area contributed by atoms with Gasteiger partial charge in [-0.05, 0) is 25.1 Å². The number of rotatable bonds is 4. The molecule has 0 saturated carbocycles. The molecule has 1 atom stereocenters. The maximum atomic E-state index is 9.47. The number of nitrogens with zero attached hydrogens (tertiary/aromatic N) is 1. The lowest BCUT2D eigenvalue weighted by molar-refractivity contribution is 0.199. The average molecular weight is 265 g/mol. The molecule has 18 heavy (non-hydrogen) atoms. The van der Waals surface area contributed by atoms with E-state index in [0.717, 1.165) is 11.3 Å². The molecule has 1 aromatic carbocycles. The second-order valence-corrected chi connectivity index (χ2v) is 4.71. The Morgan fingerprint density at radius 1 is 1.22 bits per heavy atom. The Hall–Kier alpha value is -1.59. The molecular weight excluding hydrogens is 250 g/mol. The standard InChI is InChI=1S/C13H15NO3S/c1-8(15)13-14-10(7-18-13)9-4-5-11(16-2)12(6-9)17-3/h4-8,15H,1-3H3. The molecule has 0 aliphatic carbocycles. The van der Waals surface area contributed by atoms with Crippen LogP contribution in [-0.2, 0) is 0 Å². The highest BCUT2D eigenvalue weighted by atomic mass is 32.1. The minimum atomic E-state index is -0.538. The molecule has 1 N–H and O–H groups in total. The number of aliphatic hydroxyl groups excluding tert-OH is 1. The highest BCUT2D eigenvalue weighted by molar-refractivity contribution is 7.10. The van der Waals surface area contributed by atoms with E-state index in [-0.39, 0.29) is 0 Å². The Balaban J connectivity index is 2.38. The predicted molar refractivity (Wildman–Crippen MR) is 71.3 cm³/mol. The van der Waals surface area contributed by atoms with E-state index in [2.05, 4.69) is 4.98 Å². The van der Waals surface area contributed by atoms with Crippen molar-refractivity contribution in [2.45, 2.75) is 13.0 Å². The van der Waals surface area contributed by atoms with Gasteiger partial charge in [0.25, 0.3) is 0 Å². The molecule has 0 spiro atoms. The summed E-state index contributed by atoms with van der Waals surface area (Å²) in [6, 6.07) is 5.64. The van der Waals surface area contributed by atoms with Crippen molar-refractivity contribution in [1.82, 2.24) is 4.98 Å². The minimum Gasteiger partial charge on any atom is -0.493 e. The Labute approximate surface area is 110 Å². The summed E-state index contributed by atoms with van der Waals surface area (Å²) in [7, 11) is 3.20. The van der Waals surface area contributed by atoms with Crippen LogP contribution in [0.15, 0.2) is 23.6 Å². The first-order valence-electron chi connectivity index (χ1n) is 5.51. The first-order chi connectivity index (χ1) is 8.65. The molecule has 4 nitrogen and oxygen atoms in total. The van der Waals surface area contributed by atoms with Gasteiger partial charge in [-0.1, -0.05) is 0 Å². The zero-order valence-corrected chi connectivity index (χ0v) is 11.3. The molecule has 2 aromatic rings. The molecule has 0 aliphatic heterocycles. The lowest BCUT2D eigenvalue weighted by atomic mass is 10.1. The first kappa shape index (κ1) is 12.9. The van der Waals surface area contributed by atoms with Gasteiger partial charge in [-0.25, -0.2) is 4.98 Å². The number of aromatic nitrogens is 1. The van der Waals surface area contributed by atoms with Crippen molar-refractivity contribution < 1.29 is 14.6 Å². The fraction of sp³-hybridized carbons (Fsp3) is 0.308. The minimum absolute atomic E-state index is 0.538. The number of methoxy groups -OCH3 is 2. The number of hydrogen-bond acceptors (Lipinski definition) is 5. The fourth-order valence-corrected chi connectivity index (χ4v) is 2.38. The van der Waals surface area contributed by atoms with Crippen molar-refractivity contribution in [1.29, 1.82) is 0 Å². The SMILES string of the molecule is COc1ccc(-c2csc(C(C)O)n2)cc1OC. The lowest BCUT2D eigenvalue weighted by Gasteiger charge is -2.08. The summed E-state index contributed by atoms with van der Waals surface area (Å²) in [6.07, 6.45) is -0.538. The summed E-state index contributed by atoms with van der Waals surface area (Å²) in [6.45, 7) is 1.71. The monoisotopic (exact) mass is 265 g/mol. The highest BCUT2D eigenvalue weighted by Crippen LogP contribution is 2.33. The summed E-state index contributed by atoms with van der Waals surface area (Å²) in [5.41, 5.74) is 1.77. The van der Waals surface area contributed by atoms with Gasteiger partial charge >= 0.3 is 0 Å². The van der Waals surface area contributed by atoms with Gasteiger partial charge < -0.3 is 14.6 Å². The van der Waals surface area contributed by atoms with E-state index in [1.54, 1.807) is 21.1 Å². The molecule has 0 radical (unpaired) electrons. The molecule has 2 rings (SSSR count). The van der Waals surface area contributed by atoms with Crippen LogP contribution >= 0.6 is 11.3 Å².